The number of rotatable bonds is 11. The zero-order valence-corrected chi connectivity index (χ0v) is 17.4. The Balaban J connectivity index is 2.81. The van der Waals surface area contributed by atoms with E-state index >= 15 is 0 Å². The van der Waals surface area contributed by atoms with Crippen LogP contribution < -0.4 is 0 Å². The second kappa shape index (κ2) is 11.2. The van der Waals surface area contributed by atoms with E-state index < -0.39 is 8.53 Å². The summed E-state index contributed by atoms with van der Waals surface area (Å²) in [4.78, 5) is 0. The average molecular weight is 353 g/mol. The van der Waals surface area contributed by atoms with Crippen molar-refractivity contribution < 1.29 is 9.05 Å². The minimum absolute atomic E-state index is 0.404. The summed E-state index contributed by atoms with van der Waals surface area (Å²) in [6.45, 7) is 14.1. The Labute approximate surface area is 150 Å². The third-order valence-corrected chi connectivity index (χ3v) is 6.43. The molecule has 24 heavy (non-hydrogen) atoms. The van der Waals surface area contributed by atoms with Gasteiger partial charge in [-0.15, -0.1) is 0 Å². The van der Waals surface area contributed by atoms with Crippen molar-refractivity contribution in [3.8, 4) is 0 Å². The van der Waals surface area contributed by atoms with E-state index in [1.54, 1.807) is 7.11 Å². The molecule has 0 fully saturated rings. The lowest BCUT2D eigenvalue weighted by Crippen LogP contribution is -2.33. The van der Waals surface area contributed by atoms with Crippen LogP contribution in [0.4, 0.5) is 0 Å². The molecular formula is C20H36NO2P. The summed E-state index contributed by atoms with van der Waals surface area (Å²) in [6.07, 6.45) is 2.35. The van der Waals surface area contributed by atoms with Gasteiger partial charge in [0.25, 0.3) is 8.53 Å². The van der Waals surface area contributed by atoms with Crippen molar-refractivity contribution in [1.29, 1.82) is 0 Å². The van der Waals surface area contributed by atoms with Crippen molar-refractivity contribution in [3.63, 3.8) is 0 Å². The van der Waals surface area contributed by atoms with Gasteiger partial charge in [-0.25, -0.2) is 4.67 Å². The summed E-state index contributed by atoms with van der Waals surface area (Å²) in [5.74, 6) is 1.11. The summed E-state index contributed by atoms with van der Waals surface area (Å²) in [5.41, 5.74) is 1.37. The zero-order valence-electron chi connectivity index (χ0n) is 16.5. The van der Waals surface area contributed by atoms with Crippen LogP contribution in [-0.4, -0.2) is 30.5 Å². The van der Waals surface area contributed by atoms with Gasteiger partial charge in [-0.3, -0.25) is 0 Å². The van der Waals surface area contributed by atoms with Crippen LogP contribution in [0.5, 0.6) is 0 Å². The van der Waals surface area contributed by atoms with E-state index in [2.05, 4.69) is 76.5 Å². The second-order valence-electron chi connectivity index (χ2n) is 7.14. The highest BCUT2D eigenvalue weighted by Crippen LogP contribution is 2.46. The molecule has 1 rings (SSSR count). The number of hydrogen-bond acceptors (Lipinski definition) is 3. The average Bonchev–Trinajstić information content (AvgIpc) is 2.56. The van der Waals surface area contributed by atoms with Gasteiger partial charge in [0.1, 0.15) is 0 Å². The number of benzene rings is 1. The lowest BCUT2D eigenvalue weighted by atomic mass is 9.89. The van der Waals surface area contributed by atoms with Crippen LogP contribution in [0.25, 0.3) is 0 Å². The van der Waals surface area contributed by atoms with Gasteiger partial charge in [0, 0.05) is 25.1 Å². The lowest BCUT2D eigenvalue weighted by molar-refractivity contribution is 0.181. The summed E-state index contributed by atoms with van der Waals surface area (Å²) in [5, 5.41) is 0. The molecule has 4 heteroatoms. The maximum absolute atomic E-state index is 6.31. The van der Waals surface area contributed by atoms with Crippen LogP contribution in [0.2, 0.25) is 0 Å². The first-order valence-electron chi connectivity index (χ1n) is 9.20. The maximum atomic E-state index is 6.31. The first-order valence-corrected chi connectivity index (χ1v) is 10.3. The molecule has 0 aliphatic rings. The fraction of sp³-hybridized carbons (Fsp3) is 0.700. The molecule has 0 spiro atoms. The quantitative estimate of drug-likeness (QED) is 0.441. The minimum Gasteiger partial charge on any atom is -0.325 e. The van der Waals surface area contributed by atoms with Gasteiger partial charge < -0.3 is 9.05 Å². The molecular weight excluding hydrogens is 317 g/mol. The number of hydrogen-bond donors (Lipinski definition) is 0. The van der Waals surface area contributed by atoms with Crippen molar-refractivity contribution in [2.75, 3.05) is 13.7 Å². The zero-order chi connectivity index (χ0) is 18.1. The van der Waals surface area contributed by atoms with Crippen molar-refractivity contribution in [2.45, 2.75) is 72.4 Å². The molecule has 0 radical (unpaired) electrons. The second-order valence-corrected chi connectivity index (χ2v) is 8.70. The largest absolute Gasteiger partial charge is 0.325 e. The van der Waals surface area contributed by atoms with Crippen molar-refractivity contribution >= 4 is 8.53 Å². The van der Waals surface area contributed by atoms with Gasteiger partial charge in [0.2, 0.25) is 0 Å². The Morgan fingerprint density at radius 2 is 1.58 bits per heavy atom. The van der Waals surface area contributed by atoms with Crippen LogP contribution in [0.1, 0.15) is 65.9 Å². The molecule has 3 unspecified atom stereocenters. The monoisotopic (exact) mass is 353 g/mol. The van der Waals surface area contributed by atoms with E-state index in [0.717, 1.165) is 6.42 Å². The standard InChI is InChI=1S/C20H36NO2P/c1-8-18(6)14-20(19-12-10-9-11-13-19)15-23-24(22-7)21(16(2)3)17(4)5/h9-13,16-18,20H,8,14-15H2,1-7H3. The third-order valence-electron chi connectivity index (χ3n) is 4.44. The van der Waals surface area contributed by atoms with Crippen LogP contribution in [0, 0.1) is 5.92 Å². The lowest BCUT2D eigenvalue weighted by Gasteiger charge is -2.35. The normalized spacial score (nSPS) is 15.9. The Morgan fingerprint density at radius 3 is 2.04 bits per heavy atom. The molecule has 3 atom stereocenters. The van der Waals surface area contributed by atoms with Gasteiger partial charge >= 0.3 is 0 Å². The van der Waals surface area contributed by atoms with Gasteiger partial charge in [0.05, 0.1) is 6.61 Å². The van der Waals surface area contributed by atoms with Gasteiger partial charge in [-0.05, 0) is 45.6 Å². The first kappa shape index (κ1) is 21.6. The summed E-state index contributed by atoms with van der Waals surface area (Å²) < 4.78 is 14.4. The maximum Gasteiger partial charge on any atom is 0.258 e. The molecule has 0 amide bonds. The van der Waals surface area contributed by atoms with E-state index in [9.17, 15) is 0 Å². The van der Waals surface area contributed by atoms with Crippen LogP contribution >= 0.6 is 8.53 Å². The Morgan fingerprint density at radius 1 is 1.00 bits per heavy atom. The molecule has 1 aromatic carbocycles. The topological polar surface area (TPSA) is 21.7 Å². The SMILES string of the molecule is CCC(C)CC(COP(OC)N(C(C)C)C(C)C)c1ccccc1. The highest BCUT2D eigenvalue weighted by Gasteiger charge is 2.27. The van der Waals surface area contributed by atoms with E-state index in [-0.39, 0.29) is 0 Å². The summed E-state index contributed by atoms with van der Waals surface area (Å²) in [6, 6.07) is 11.6. The molecule has 0 aliphatic heterocycles. The molecule has 0 aliphatic carbocycles. The molecule has 1 aromatic rings. The highest BCUT2D eigenvalue weighted by molar-refractivity contribution is 7.44. The Hall–Kier alpha value is -0.470. The minimum atomic E-state index is -1.02. The predicted molar refractivity (Wildman–Crippen MR) is 105 cm³/mol. The van der Waals surface area contributed by atoms with Gasteiger partial charge in [-0.1, -0.05) is 50.6 Å². The summed E-state index contributed by atoms with van der Waals surface area (Å²) in [7, 11) is 0.740. The fourth-order valence-corrected chi connectivity index (χ4v) is 4.51. The Kier molecular flexibility index (Phi) is 10.1. The predicted octanol–water partition coefficient (Wildman–Crippen LogP) is 6.22. The molecule has 138 valence electrons. The Bertz CT molecular complexity index is 431. The fourth-order valence-electron chi connectivity index (χ4n) is 3.02. The van der Waals surface area contributed by atoms with Crippen LogP contribution in [0.15, 0.2) is 30.3 Å². The molecule has 0 bridgehead atoms. The summed E-state index contributed by atoms with van der Waals surface area (Å²) >= 11 is 0. The van der Waals surface area contributed by atoms with Crippen molar-refractivity contribution in [2.24, 2.45) is 5.92 Å². The smallest absolute Gasteiger partial charge is 0.258 e. The van der Waals surface area contributed by atoms with E-state index in [1.807, 2.05) is 0 Å². The van der Waals surface area contributed by atoms with Gasteiger partial charge in [0.15, 0.2) is 0 Å². The van der Waals surface area contributed by atoms with Crippen LogP contribution in [-0.2, 0) is 9.05 Å². The van der Waals surface area contributed by atoms with E-state index in [4.69, 9.17) is 9.05 Å². The molecule has 0 aromatic heterocycles. The van der Waals surface area contributed by atoms with Crippen molar-refractivity contribution in [1.82, 2.24) is 4.67 Å². The molecule has 0 heterocycles. The van der Waals surface area contributed by atoms with E-state index in [0.29, 0.717) is 30.5 Å². The number of nitrogens with zero attached hydrogens (tertiary/aromatic N) is 1. The molecule has 3 nitrogen and oxygen atoms in total. The third kappa shape index (κ3) is 6.80. The molecule has 0 saturated carbocycles. The van der Waals surface area contributed by atoms with Crippen molar-refractivity contribution in [3.05, 3.63) is 35.9 Å². The van der Waals surface area contributed by atoms with Gasteiger partial charge in [-0.2, -0.15) is 0 Å². The molecule has 0 saturated heterocycles. The highest BCUT2D eigenvalue weighted by atomic mass is 31.2. The molecule has 0 N–H and O–H groups in total. The van der Waals surface area contributed by atoms with Crippen LogP contribution in [0.3, 0.4) is 0 Å². The van der Waals surface area contributed by atoms with E-state index in [1.165, 1.54) is 12.0 Å². The first-order chi connectivity index (χ1) is 11.4.